The summed E-state index contributed by atoms with van der Waals surface area (Å²) in [7, 11) is 0. The van der Waals surface area contributed by atoms with E-state index in [2.05, 4.69) is 36.1 Å². The van der Waals surface area contributed by atoms with Gasteiger partial charge in [-0.2, -0.15) is 0 Å². The number of anilines is 1. The van der Waals surface area contributed by atoms with Crippen molar-refractivity contribution < 1.29 is 20.4 Å². The van der Waals surface area contributed by atoms with Crippen LogP contribution in [0, 0.1) is 0 Å². The van der Waals surface area contributed by atoms with Crippen LogP contribution in [-0.4, -0.2) is 62.5 Å². The Morgan fingerprint density at radius 3 is 2.37 bits per heavy atom. The first kappa shape index (κ1) is 21.9. The molecule has 2 aromatic rings. The van der Waals surface area contributed by atoms with Gasteiger partial charge in [0.25, 0.3) is 0 Å². The highest BCUT2D eigenvalue weighted by Crippen LogP contribution is 2.47. The second-order valence-corrected chi connectivity index (χ2v) is 9.88. The number of hydrogen-bond donors (Lipinski definition) is 4. The van der Waals surface area contributed by atoms with Crippen LogP contribution in [0.15, 0.2) is 42.5 Å². The topological polar surface area (TPSA) is 84.2 Å². The summed E-state index contributed by atoms with van der Waals surface area (Å²) < 4.78 is 0. The van der Waals surface area contributed by atoms with E-state index in [0.29, 0.717) is 11.6 Å². The predicted molar refractivity (Wildman–Crippen MR) is 121 cm³/mol. The van der Waals surface area contributed by atoms with Crippen LogP contribution in [-0.2, 0) is 12.8 Å². The van der Waals surface area contributed by atoms with Crippen molar-refractivity contribution in [1.29, 1.82) is 0 Å². The molecule has 6 atom stereocenters. The first-order valence-corrected chi connectivity index (χ1v) is 11.7. The van der Waals surface area contributed by atoms with Gasteiger partial charge in [0.15, 0.2) is 0 Å². The molecule has 1 fully saturated rings. The van der Waals surface area contributed by atoms with Crippen molar-refractivity contribution in [3.05, 3.63) is 64.2 Å². The Labute approximate surface area is 186 Å². The average molecular weight is 450 g/mol. The molecule has 7 heteroatoms. The summed E-state index contributed by atoms with van der Waals surface area (Å²) in [4.78, 5) is 2.07. The van der Waals surface area contributed by atoms with Crippen molar-refractivity contribution in [2.45, 2.75) is 54.6 Å². The maximum atomic E-state index is 10.7. The number of aliphatic hydroxyl groups excluding tert-OH is 4. The summed E-state index contributed by atoms with van der Waals surface area (Å²) in [5.41, 5.74) is 4.52. The SMILES string of the molecule is CCc1ccc(CC2CN([C@@H]3S[C@H](CO)[C@@H](O)[C@H](O)[C@H]3O)c3cccc(Cl)c32)cc1. The van der Waals surface area contributed by atoms with E-state index in [9.17, 15) is 20.4 Å². The van der Waals surface area contributed by atoms with Crippen molar-refractivity contribution in [2.75, 3.05) is 18.1 Å². The van der Waals surface area contributed by atoms with Crippen molar-refractivity contribution >= 4 is 29.1 Å². The van der Waals surface area contributed by atoms with E-state index < -0.39 is 28.9 Å². The summed E-state index contributed by atoms with van der Waals surface area (Å²) in [5.74, 6) is 0.144. The zero-order valence-electron chi connectivity index (χ0n) is 16.9. The number of aliphatic hydroxyl groups is 4. The van der Waals surface area contributed by atoms with E-state index in [1.807, 2.05) is 18.2 Å². The third-order valence-corrected chi connectivity index (χ3v) is 8.17. The number of halogens is 1. The van der Waals surface area contributed by atoms with Crippen LogP contribution in [0.5, 0.6) is 0 Å². The molecule has 0 bridgehead atoms. The Morgan fingerprint density at radius 1 is 1.00 bits per heavy atom. The predicted octanol–water partition coefficient (Wildman–Crippen LogP) is 2.57. The number of aryl methyl sites for hydroxylation is 1. The summed E-state index contributed by atoms with van der Waals surface area (Å²) >= 11 is 7.91. The van der Waals surface area contributed by atoms with Crippen LogP contribution in [0.2, 0.25) is 5.02 Å². The molecule has 2 heterocycles. The smallest absolute Gasteiger partial charge is 0.112 e. The van der Waals surface area contributed by atoms with Gasteiger partial charge in [0.2, 0.25) is 0 Å². The number of rotatable bonds is 5. The van der Waals surface area contributed by atoms with Crippen LogP contribution in [0.1, 0.15) is 29.5 Å². The van der Waals surface area contributed by atoms with Crippen LogP contribution in [0.4, 0.5) is 5.69 Å². The van der Waals surface area contributed by atoms with E-state index in [4.69, 9.17) is 11.6 Å². The third kappa shape index (κ3) is 3.97. The van der Waals surface area contributed by atoms with Gasteiger partial charge >= 0.3 is 0 Å². The summed E-state index contributed by atoms with van der Waals surface area (Å²) in [6.45, 7) is 2.51. The van der Waals surface area contributed by atoms with E-state index in [1.165, 1.54) is 22.9 Å². The highest BCUT2D eigenvalue weighted by Gasteiger charge is 2.47. The van der Waals surface area contributed by atoms with Crippen LogP contribution >= 0.6 is 23.4 Å². The van der Waals surface area contributed by atoms with Gasteiger partial charge in [-0.1, -0.05) is 48.9 Å². The Balaban J connectivity index is 1.63. The molecule has 0 aromatic heterocycles. The maximum absolute atomic E-state index is 10.7. The first-order chi connectivity index (χ1) is 14.4. The quantitative estimate of drug-likeness (QED) is 0.561. The van der Waals surface area contributed by atoms with Crippen molar-refractivity contribution in [2.24, 2.45) is 0 Å². The standard InChI is InChI=1S/C23H28ClNO4S/c1-2-13-6-8-14(9-7-13)10-15-11-25(17-5-3-4-16(24)19(15)17)23-22(29)21(28)20(27)18(12-26)30-23/h3-9,15,18,20-23,26-29H,2,10-12H2,1H3/t15?,18-,20-,21+,22-,23-/m1/s1. The minimum atomic E-state index is -1.31. The van der Waals surface area contributed by atoms with E-state index in [-0.39, 0.29) is 12.5 Å². The van der Waals surface area contributed by atoms with Crippen LogP contribution in [0.25, 0.3) is 0 Å². The second-order valence-electron chi connectivity index (χ2n) is 8.12. The number of fused-ring (bicyclic) bond motifs is 1. The van der Waals surface area contributed by atoms with E-state index in [0.717, 1.165) is 24.1 Å². The molecule has 0 radical (unpaired) electrons. The fourth-order valence-corrected chi connectivity index (χ4v) is 6.31. The lowest BCUT2D eigenvalue weighted by Gasteiger charge is -2.44. The van der Waals surface area contributed by atoms with E-state index in [1.54, 1.807) is 0 Å². The van der Waals surface area contributed by atoms with Gasteiger partial charge in [-0.05, 0) is 41.7 Å². The zero-order chi connectivity index (χ0) is 21.4. The number of nitrogens with zero attached hydrogens (tertiary/aromatic N) is 1. The summed E-state index contributed by atoms with van der Waals surface area (Å²) in [6, 6.07) is 14.4. The summed E-state index contributed by atoms with van der Waals surface area (Å²) in [5, 5.41) is 40.5. The molecule has 162 valence electrons. The molecule has 0 spiro atoms. The molecule has 0 saturated carbocycles. The maximum Gasteiger partial charge on any atom is 0.112 e. The summed E-state index contributed by atoms with van der Waals surface area (Å²) in [6.07, 6.45) is -1.79. The Kier molecular flexibility index (Phi) is 6.63. The van der Waals surface area contributed by atoms with Crippen molar-refractivity contribution in [3.8, 4) is 0 Å². The molecular weight excluding hydrogens is 422 g/mol. The molecule has 2 aliphatic heterocycles. The molecule has 5 nitrogen and oxygen atoms in total. The minimum Gasteiger partial charge on any atom is -0.395 e. The van der Waals surface area contributed by atoms with Crippen molar-refractivity contribution in [3.63, 3.8) is 0 Å². The van der Waals surface area contributed by atoms with Gasteiger partial charge in [0.1, 0.15) is 17.6 Å². The normalized spacial score (nSPS) is 31.1. The molecule has 1 unspecified atom stereocenters. The molecule has 4 rings (SSSR count). The van der Waals surface area contributed by atoms with Crippen LogP contribution in [0.3, 0.4) is 0 Å². The number of thioether (sulfide) groups is 1. The highest BCUT2D eigenvalue weighted by molar-refractivity contribution is 8.00. The van der Waals surface area contributed by atoms with Crippen LogP contribution < -0.4 is 4.90 Å². The minimum absolute atomic E-state index is 0.144. The Bertz CT molecular complexity index is 878. The average Bonchev–Trinajstić information content (AvgIpc) is 3.12. The van der Waals surface area contributed by atoms with Gasteiger partial charge in [-0.25, -0.2) is 0 Å². The third-order valence-electron chi connectivity index (χ3n) is 6.25. The molecule has 30 heavy (non-hydrogen) atoms. The van der Waals surface area contributed by atoms with Gasteiger partial charge in [0, 0.05) is 23.2 Å². The monoisotopic (exact) mass is 449 g/mol. The fourth-order valence-electron chi connectivity index (χ4n) is 4.55. The first-order valence-electron chi connectivity index (χ1n) is 10.4. The molecule has 0 aliphatic carbocycles. The molecule has 0 amide bonds. The van der Waals surface area contributed by atoms with Gasteiger partial charge in [-0.3, -0.25) is 0 Å². The zero-order valence-corrected chi connectivity index (χ0v) is 18.4. The number of benzene rings is 2. The highest BCUT2D eigenvalue weighted by atomic mass is 35.5. The molecule has 2 aliphatic rings. The molecule has 2 aromatic carbocycles. The lowest BCUT2D eigenvalue weighted by Crippen LogP contribution is -2.58. The largest absolute Gasteiger partial charge is 0.395 e. The Morgan fingerprint density at radius 2 is 1.70 bits per heavy atom. The lowest BCUT2D eigenvalue weighted by atomic mass is 9.93. The van der Waals surface area contributed by atoms with Gasteiger partial charge in [-0.15, -0.1) is 11.8 Å². The lowest BCUT2D eigenvalue weighted by molar-refractivity contribution is -0.0696. The van der Waals surface area contributed by atoms with E-state index >= 15 is 0 Å². The van der Waals surface area contributed by atoms with Gasteiger partial charge in [0.05, 0.1) is 18.0 Å². The molecule has 1 saturated heterocycles. The second kappa shape index (κ2) is 9.07. The molecular formula is C23H28ClNO4S. The van der Waals surface area contributed by atoms with Gasteiger partial charge < -0.3 is 25.3 Å². The Hall–Kier alpha value is -1.28. The molecule has 4 N–H and O–H groups in total. The fraction of sp³-hybridized carbons (Fsp3) is 0.478. The van der Waals surface area contributed by atoms with Crippen molar-refractivity contribution in [1.82, 2.24) is 0 Å². The number of hydrogen-bond acceptors (Lipinski definition) is 6.